The zero-order chi connectivity index (χ0) is 17.9. The number of rotatable bonds is 3. The molecular formula is C21H25N3OS. The van der Waals surface area contributed by atoms with Crippen LogP contribution in [0.3, 0.4) is 0 Å². The van der Waals surface area contributed by atoms with Crippen molar-refractivity contribution in [3.8, 4) is 0 Å². The number of anilines is 2. The molecule has 0 bridgehead atoms. The van der Waals surface area contributed by atoms with E-state index in [9.17, 15) is 4.79 Å². The molecule has 2 heterocycles. The van der Waals surface area contributed by atoms with Gasteiger partial charge >= 0.3 is 0 Å². The maximum absolute atomic E-state index is 12.9. The minimum atomic E-state index is 0.242. The number of benzene rings is 2. The fourth-order valence-electron chi connectivity index (χ4n) is 3.75. The van der Waals surface area contributed by atoms with Crippen LogP contribution in [-0.4, -0.2) is 55.3 Å². The van der Waals surface area contributed by atoms with Crippen LogP contribution >= 0.6 is 11.8 Å². The lowest BCUT2D eigenvalue weighted by molar-refractivity contribution is -0.130. The third-order valence-electron chi connectivity index (χ3n) is 5.09. The summed E-state index contributed by atoms with van der Waals surface area (Å²) in [7, 11) is 0. The van der Waals surface area contributed by atoms with Gasteiger partial charge in [0, 0.05) is 48.6 Å². The average molecular weight is 368 g/mol. The number of piperazine rings is 1. The second kappa shape index (κ2) is 7.62. The number of para-hydroxylation sites is 2. The first kappa shape index (κ1) is 17.3. The highest BCUT2D eigenvalue weighted by Gasteiger charge is 2.27. The number of thioether (sulfide) groups is 1. The average Bonchev–Trinajstić information content (AvgIpc) is 2.68. The van der Waals surface area contributed by atoms with E-state index in [4.69, 9.17) is 0 Å². The van der Waals surface area contributed by atoms with E-state index in [0.29, 0.717) is 11.8 Å². The number of hydrogen-bond donors (Lipinski definition) is 0. The molecule has 1 unspecified atom stereocenters. The van der Waals surface area contributed by atoms with E-state index < -0.39 is 0 Å². The van der Waals surface area contributed by atoms with Crippen molar-refractivity contribution < 1.29 is 4.79 Å². The number of carbonyl (C=O) groups is 1. The van der Waals surface area contributed by atoms with E-state index >= 15 is 0 Å². The van der Waals surface area contributed by atoms with Crippen molar-refractivity contribution in [1.29, 1.82) is 0 Å². The molecule has 0 saturated carbocycles. The van der Waals surface area contributed by atoms with E-state index in [1.165, 1.54) is 16.3 Å². The maximum atomic E-state index is 12.9. The van der Waals surface area contributed by atoms with Crippen LogP contribution in [0.5, 0.6) is 0 Å². The molecule has 2 aromatic carbocycles. The Hall–Kier alpha value is -2.14. The van der Waals surface area contributed by atoms with Crippen molar-refractivity contribution in [2.75, 3.05) is 49.1 Å². The smallest absolute Gasteiger partial charge is 0.242 e. The monoisotopic (exact) mass is 367 g/mol. The van der Waals surface area contributed by atoms with Crippen molar-refractivity contribution in [3.05, 3.63) is 54.6 Å². The third kappa shape index (κ3) is 3.68. The molecule has 4 rings (SSSR count). The number of carbonyl (C=O) groups excluding carboxylic acids is 1. The summed E-state index contributed by atoms with van der Waals surface area (Å²) in [6.07, 6.45) is 0. The minimum absolute atomic E-state index is 0.242. The lowest BCUT2D eigenvalue weighted by atomic mass is 10.2. The summed E-state index contributed by atoms with van der Waals surface area (Å²) in [6.45, 7) is 7.04. The summed E-state index contributed by atoms with van der Waals surface area (Å²) >= 11 is 1.90. The Kier molecular flexibility index (Phi) is 5.07. The van der Waals surface area contributed by atoms with Gasteiger partial charge in [-0.05, 0) is 24.3 Å². The van der Waals surface area contributed by atoms with Gasteiger partial charge in [-0.15, -0.1) is 11.8 Å². The zero-order valence-electron chi connectivity index (χ0n) is 15.2. The van der Waals surface area contributed by atoms with Gasteiger partial charge in [-0.2, -0.15) is 0 Å². The lowest BCUT2D eigenvalue weighted by Gasteiger charge is -2.39. The molecule has 136 valence electrons. The standard InChI is InChI=1S/C21H25N3OS/c1-17-15-24(19-9-5-6-10-20(19)26-17)16-21(25)23-13-11-22(12-14-23)18-7-3-2-4-8-18/h2-10,17H,11-16H2,1H3. The van der Waals surface area contributed by atoms with Gasteiger partial charge in [0.1, 0.15) is 0 Å². The van der Waals surface area contributed by atoms with Crippen LogP contribution in [0.25, 0.3) is 0 Å². The molecule has 1 atom stereocenters. The van der Waals surface area contributed by atoms with Gasteiger partial charge in [0.25, 0.3) is 0 Å². The number of nitrogens with zero attached hydrogens (tertiary/aromatic N) is 3. The second-order valence-corrected chi connectivity index (χ2v) is 8.46. The Morgan fingerprint density at radius 3 is 2.46 bits per heavy atom. The van der Waals surface area contributed by atoms with Crippen LogP contribution in [0.15, 0.2) is 59.5 Å². The minimum Gasteiger partial charge on any atom is -0.368 e. The number of fused-ring (bicyclic) bond motifs is 1. The number of amides is 1. The van der Waals surface area contributed by atoms with Crippen molar-refractivity contribution in [3.63, 3.8) is 0 Å². The van der Waals surface area contributed by atoms with Gasteiger partial charge in [-0.3, -0.25) is 4.79 Å². The second-order valence-electron chi connectivity index (χ2n) is 6.98. The molecule has 0 radical (unpaired) electrons. The Balaban J connectivity index is 1.38. The molecular weight excluding hydrogens is 342 g/mol. The van der Waals surface area contributed by atoms with Crippen LogP contribution < -0.4 is 9.80 Å². The van der Waals surface area contributed by atoms with Crippen molar-refractivity contribution in [2.45, 2.75) is 17.1 Å². The van der Waals surface area contributed by atoms with Gasteiger partial charge in [-0.25, -0.2) is 0 Å². The Bertz CT molecular complexity index is 759. The molecule has 0 N–H and O–H groups in total. The van der Waals surface area contributed by atoms with E-state index in [1.807, 2.05) is 22.7 Å². The molecule has 4 nitrogen and oxygen atoms in total. The van der Waals surface area contributed by atoms with Crippen LogP contribution in [0, 0.1) is 0 Å². The van der Waals surface area contributed by atoms with Gasteiger partial charge in [0.15, 0.2) is 0 Å². The Morgan fingerprint density at radius 1 is 1.00 bits per heavy atom. The first-order chi connectivity index (χ1) is 12.7. The SMILES string of the molecule is CC1CN(CC(=O)N2CCN(c3ccccc3)CC2)c2ccccc2S1. The molecule has 0 aromatic heterocycles. The van der Waals surface area contributed by atoms with Crippen LogP contribution in [0.4, 0.5) is 11.4 Å². The molecule has 1 saturated heterocycles. The van der Waals surface area contributed by atoms with Gasteiger partial charge in [0.2, 0.25) is 5.91 Å². The molecule has 26 heavy (non-hydrogen) atoms. The molecule has 2 aliphatic heterocycles. The van der Waals surface area contributed by atoms with Crippen molar-refractivity contribution in [2.24, 2.45) is 0 Å². The summed E-state index contributed by atoms with van der Waals surface area (Å²) in [6, 6.07) is 18.9. The summed E-state index contributed by atoms with van der Waals surface area (Å²) < 4.78 is 0. The molecule has 5 heteroatoms. The van der Waals surface area contributed by atoms with Crippen LogP contribution in [-0.2, 0) is 4.79 Å². The summed E-state index contributed by atoms with van der Waals surface area (Å²) in [5.41, 5.74) is 2.45. The first-order valence-electron chi connectivity index (χ1n) is 9.29. The van der Waals surface area contributed by atoms with Crippen LogP contribution in [0.2, 0.25) is 0 Å². The van der Waals surface area contributed by atoms with E-state index in [1.54, 1.807) is 0 Å². The highest BCUT2D eigenvalue weighted by Crippen LogP contribution is 2.37. The molecule has 1 amide bonds. The molecule has 0 spiro atoms. The Morgan fingerprint density at radius 2 is 1.69 bits per heavy atom. The fraction of sp³-hybridized carbons (Fsp3) is 0.381. The van der Waals surface area contributed by atoms with E-state index in [-0.39, 0.29) is 5.91 Å². The largest absolute Gasteiger partial charge is 0.368 e. The summed E-state index contributed by atoms with van der Waals surface area (Å²) in [5.74, 6) is 0.242. The van der Waals surface area contributed by atoms with Gasteiger partial charge < -0.3 is 14.7 Å². The predicted octanol–water partition coefficient (Wildman–Crippen LogP) is 3.34. The van der Waals surface area contributed by atoms with Crippen molar-refractivity contribution >= 4 is 29.0 Å². The quantitative estimate of drug-likeness (QED) is 0.831. The maximum Gasteiger partial charge on any atom is 0.242 e. The Labute approximate surface area is 159 Å². The van der Waals surface area contributed by atoms with Gasteiger partial charge in [-0.1, -0.05) is 37.3 Å². The summed E-state index contributed by atoms with van der Waals surface area (Å²) in [5, 5.41) is 0.507. The predicted molar refractivity (Wildman–Crippen MR) is 109 cm³/mol. The normalized spacial score (nSPS) is 20.0. The first-order valence-corrected chi connectivity index (χ1v) is 10.2. The van der Waals surface area contributed by atoms with Crippen LogP contribution in [0.1, 0.15) is 6.92 Å². The molecule has 2 aliphatic rings. The molecule has 2 aromatic rings. The number of hydrogen-bond acceptors (Lipinski definition) is 4. The topological polar surface area (TPSA) is 26.8 Å². The van der Waals surface area contributed by atoms with Crippen molar-refractivity contribution in [1.82, 2.24) is 4.90 Å². The highest BCUT2D eigenvalue weighted by atomic mass is 32.2. The fourth-order valence-corrected chi connectivity index (χ4v) is 4.91. The van der Waals surface area contributed by atoms with Gasteiger partial charge in [0.05, 0.1) is 12.2 Å². The lowest BCUT2D eigenvalue weighted by Crippen LogP contribution is -2.52. The molecule has 0 aliphatic carbocycles. The highest BCUT2D eigenvalue weighted by molar-refractivity contribution is 8.00. The summed E-state index contributed by atoms with van der Waals surface area (Å²) in [4.78, 5) is 20.8. The zero-order valence-corrected chi connectivity index (χ0v) is 16.0. The molecule has 1 fully saturated rings. The van der Waals surface area contributed by atoms with E-state index in [2.05, 4.69) is 65.3 Å². The van der Waals surface area contributed by atoms with E-state index in [0.717, 1.165) is 32.7 Å². The third-order valence-corrected chi connectivity index (χ3v) is 6.24.